The molecule has 0 spiro atoms. The maximum absolute atomic E-state index is 11.9. The van der Waals surface area contributed by atoms with Crippen LogP contribution in [0.25, 0.3) is 0 Å². The minimum absolute atomic E-state index is 0.0428. The van der Waals surface area contributed by atoms with Crippen LogP contribution in [0.3, 0.4) is 0 Å². The summed E-state index contributed by atoms with van der Waals surface area (Å²) < 4.78 is 11.7. The normalized spacial score (nSPS) is 14.0. The molecule has 1 rings (SSSR count). The van der Waals surface area contributed by atoms with Crippen LogP contribution in [-0.2, 0) is 10.8 Å². The van der Waals surface area contributed by atoms with Crippen molar-refractivity contribution in [2.75, 3.05) is 12.0 Å². The maximum Gasteiger partial charge on any atom is 0.261 e. The third kappa shape index (κ3) is 4.06. The standard InChI is InChI=1S/C11H15BrN2O3S/c1-6(5-18(3)17)13-10(15)8-4-9(12)7(2)14-11(8)16/h4,6H,5H2,1-3H3,(H,13,15)(H,14,16)/t6-,18+/m1/s1. The number of nitrogens with one attached hydrogen (secondary N) is 2. The Morgan fingerprint density at radius 2 is 2.22 bits per heavy atom. The molecule has 0 fully saturated rings. The van der Waals surface area contributed by atoms with E-state index < -0.39 is 22.3 Å². The lowest BCUT2D eigenvalue weighted by atomic mass is 10.2. The van der Waals surface area contributed by atoms with Gasteiger partial charge in [-0.05, 0) is 35.8 Å². The number of aromatic amines is 1. The Labute approximate surface area is 116 Å². The van der Waals surface area contributed by atoms with Crippen molar-refractivity contribution in [1.29, 1.82) is 0 Å². The molecule has 0 radical (unpaired) electrons. The molecule has 0 unspecified atom stereocenters. The van der Waals surface area contributed by atoms with Crippen molar-refractivity contribution >= 4 is 32.6 Å². The number of halogens is 1. The van der Waals surface area contributed by atoms with Crippen LogP contribution < -0.4 is 10.9 Å². The first-order chi connectivity index (χ1) is 8.31. The minimum Gasteiger partial charge on any atom is -0.348 e. The summed E-state index contributed by atoms with van der Waals surface area (Å²) in [6.07, 6.45) is 1.57. The summed E-state index contributed by atoms with van der Waals surface area (Å²) in [5.41, 5.74) is 0.276. The third-order valence-corrected chi connectivity index (χ3v) is 4.07. The molecule has 0 aliphatic carbocycles. The van der Waals surface area contributed by atoms with Crippen LogP contribution in [0.1, 0.15) is 23.0 Å². The Hall–Kier alpha value is -0.950. The third-order valence-electron chi connectivity index (χ3n) is 2.28. The van der Waals surface area contributed by atoms with E-state index in [0.717, 1.165) is 0 Å². The van der Waals surface area contributed by atoms with E-state index >= 15 is 0 Å². The molecule has 0 bridgehead atoms. The highest BCUT2D eigenvalue weighted by Crippen LogP contribution is 2.12. The molecule has 0 aromatic carbocycles. The highest BCUT2D eigenvalue weighted by Gasteiger charge is 2.15. The van der Waals surface area contributed by atoms with Crippen LogP contribution in [-0.4, -0.2) is 33.2 Å². The SMILES string of the molecule is Cc1[nH]c(=O)c(C(=O)N[C@H](C)C[S@](C)=O)cc1Br. The summed E-state index contributed by atoms with van der Waals surface area (Å²) in [4.78, 5) is 26.1. The second kappa shape index (κ2) is 6.29. The summed E-state index contributed by atoms with van der Waals surface area (Å²) in [6, 6.07) is 1.24. The number of hydrogen-bond donors (Lipinski definition) is 2. The van der Waals surface area contributed by atoms with Crippen LogP contribution in [0.5, 0.6) is 0 Å². The quantitative estimate of drug-likeness (QED) is 0.860. The van der Waals surface area contributed by atoms with E-state index in [-0.39, 0.29) is 11.6 Å². The molecular formula is C11H15BrN2O3S. The van der Waals surface area contributed by atoms with Crippen molar-refractivity contribution in [2.24, 2.45) is 0 Å². The van der Waals surface area contributed by atoms with E-state index in [9.17, 15) is 13.8 Å². The fourth-order valence-electron chi connectivity index (χ4n) is 1.46. The van der Waals surface area contributed by atoms with Gasteiger partial charge in [-0.25, -0.2) is 0 Å². The molecule has 0 saturated carbocycles. The predicted molar refractivity (Wildman–Crippen MR) is 75.4 cm³/mol. The summed E-state index contributed by atoms with van der Waals surface area (Å²) in [5.74, 6) is -0.105. The molecule has 0 aliphatic heterocycles. The first-order valence-corrected chi connectivity index (χ1v) is 7.83. The predicted octanol–water partition coefficient (Wildman–Crippen LogP) is 0.943. The number of hydrogen-bond acceptors (Lipinski definition) is 3. The zero-order valence-electron chi connectivity index (χ0n) is 10.4. The van der Waals surface area contributed by atoms with Crippen LogP contribution in [0.15, 0.2) is 15.3 Å². The van der Waals surface area contributed by atoms with Gasteiger partial charge in [-0.15, -0.1) is 0 Å². The number of carbonyl (C=O) groups is 1. The van der Waals surface area contributed by atoms with E-state index in [1.54, 1.807) is 20.1 Å². The molecule has 0 saturated heterocycles. The minimum atomic E-state index is -0.992. The molecule has 1 aromatic rings. The summed E-state index contributed by atoms with van der Waals surface area (Å²) >= 11 is 3.26. The van der Waals surface area contributed by atoms with Gasteiger partial charge in [-0.1, -0.05) is 0 Å². The Morgan fingerprint density at radius 3 is 2.78 bits per heavy atom. The summed E-state index contributed by atoms with van der Waals surface area (Å²) in [7, 11) is -0.992. The molecule has 0 aliphatic rings. The molecule has 5 nitrogen and oxygen atoms in total. The fourth-order valence-corrected chi connectivity index (χ4v) is 2.58. The van der Waals surface area contributed by atoms with Gasteiger partial charge in [0.15, 0.2) is 0 Å². The van der Waals surface area contributed by atoms with E-state index in [4.69, 9.17) is 0 Å². The summed E-state index contributed by atoms with van der Waals surface area (Å²) in [5, 5.41) is 2.64. The second-order valence-corrected chi connectivity index (χ2v) is 6.43. The van der Waals surface area contributed by atoms with E-state index in [1.165, 1.54) is 6.07 Å². The Bertz CT molecular complexity index is 542. The number of rotatable bonds is 4. The van der Waals surface area contributed by atoms with E-state index in [0.29, 0.717) is 15.9 Å². The zero-order valence-corrected chi connectivity index (χ0v) is 12.8. The Balaban J connectivity index is 2.88. The van der Waals surface area contributed by atoms with Gasteiger partial charge in [-0.3, -0.25) is 13.8 Å². The van der Waals surface area contributed by atoms with Gasteiger partial charge in [0.25, 0.3) is 11.5 Å². The number of carbonyl (C=O) groups excluding carboxylic acids is 1. The smallest absolute Gasteiger partial charge is 0.261 e. The van der Waals surface area contributed by atoms with E-state index in [1.807, 2.05) is 0 Å². The molecule has 1 aromatic heterocycles. The first kappa shape index (κ1) is 15.1. The second-order valence-electron chi connectivity index (χ2n) is 4.10. The van der Waals surface area contributed by atoms with Gasteiger partial charge in [0.2, 0.25) is 0 Å². The van der Waals surface area contributed by atoms with Crippen molar-refractivity contribution in [2.45, 2.75) is 19.9 Å². The van der Waals surface area contributed by atoms with Crippen LogP contribution in [0, 0.1) is 6.92 Å². The van der Waals surface area contributed by atoms with Gasteiger partial charge in [-0.2, -0.15) is 0 Å². The van der Waals surface area contributed by atoms with Gasteiger partial charge in [0.1, 0.15) is 5.56 Å². The average molecular weight is 335 g/mol. The maximum atomic E-state index is 11.9. The topological polar surface area (TPSA) is 79.0 Å². The molecule has 1 heterocycles. The fraction of sp³-hybridized carbons (Fsp3) is 0.455. The van der Waals surface area contributed by atoms with E-state index in [2.05, 4.69) is 26.2 Å². The number of aromatic nitrogens is 1. The average Bonchev–Trinajstić information content (AvgIpc) is 2.21. The molecule has 2 atom stereocenters. The summed E-state index contributed by atoms with van der Waals surface area (Å²) in [6.45, 7) is 3.48. The number of amides is 1. The van der Waals surface area contributed by atoms with Crippen molar-refractivity contribution in [3.63, 3.8) is 0 Å². The monoisotopic (exact) mass is 334 g/mol. The first-order valence-electron chi connectivity index (χ1n) is 5.31. The zero-order chi connectivity index (χ0) is 13.9. The van der Waals surface area contributed by atoms with Crippen LogP contribution in [0.2, 0.25) is 0 Å². The van der Waals surface area contributed by atoms with Gasteiger partial charge >= 0.3 is 0 Å². The van der Waals surface area contributed by atoms with Gasteiger partial charge in [0, 0.05) is 39.0 Å². The van der Waals surface area contributed by atoms with Gasteiger partial charge < -0.3 is 10.3 Å². The molecule has 7 heteroatoms. The molecule has 100 valence electrons. The number of pyridine rings is 1. The lowest BCUT2D eigenvalue weighted by Crippen LogP contribution is -2.38. The molecular weight excluding hydrogens is 320 g/mol. The highest BCUT2D eigenvalue weighted by molar-refractivity contribution is 9.10. The van der Waals surface area contributed by atoms with Gasteiger partial charge in [0.05, 0.1) is 0 Å². The van der Waals surface area contributed by atoms with Crippen LogP contribution in [0.4, 0.5) is 0 Å². The Kier molecular flexibility index (Phi) is 5.28. The number of H-pyrrole nitrogens is 1. The molecule has 2 N–H and O–H groups in total. The highest BCUT2D eigenvalue weighted by atomic mass is 79.9. The number of aryl methyl sites for hydroxylation is 1. The lowest BCUT2D eigenvalue weighted by molar-refractivity contribution is 0.0942. The van der Waals surface area contributed by atoms with Crippen molar-refractivity contribution in [3.8, 4) is 0 Å². The Morgan fingerprint density at radius 1 is 1.61 bits per heavy atom. The van der Waals surface area contributed by atoms with Crippen LogP contribution >= 0.6 is 15.9 Å². The van der Waals surface area contributed by atoms with Crippen molar-refractivity contribution in [3.05, 3.63) is 32.2 Å². The largest absolute Gasteiger partial charge is 0.348 e. The van der Waals surface area contributed by atoms with Crippen molar-refractivity contribution < 1.29 is 9.00 Å². The lowest BCUT2D eigenvalue weighted by Gasteiger charge is -2.12. The van der Waals surface area contributed by atoms with Crippen molar-refractivity contribution in [1.82, 2.24) is 10.3 Å². The molecule has 1 amide bonds. The molecule has 18 heavy (non-hydrogen) atoms.